The highest BCUT2D eigenvalue weighted by atomic mass is 35.5. The molecule has 1 heterocycles. The van der Waals surface area contributed by atoms with E-state index in [0.29, 0.717) is 36.9 Å². The Morgan fingerprint density at radius 2 is 1.47 bits per heavy atom. The fraction of sp³-hybridized carbons (Fsp3) is 0. The van der Waals surface area contributed by atoms with Crippen LogP contribution in [0, 0.1) is 0 Å². The predicted molar refractivity (Wildman–Crippen MR) is 118 cm³/mol. The Kier molecular flexibility index (Phi) is 6.13. The lowest BCUT2D eigenvalue weighted by molar-refractivity contribution is 0.0998. The molecule has 4 rings (SSSR count). The molecule has 30 heavy (non-hydrogen) atoms. The maximum atomic E-state index is 12.6. The third-order valence-corrected chi connectivity index (χ3v) is 5.21. The van der Waals surface area contributed by atoms with Crippen molar-refractivity contribution in [3.05, 3.63) is 99.3 Å². The van der Waals surface area contributed by atoms with Gasteiger partial charge < -0.3 is 0 Å². The zero-order valence-electron chi connectivity index (χ0n) is 15.3. The van der Waals surface area contributed by atoms with Crippen LogP contribution < -0.4 is 4.80 Å². The molecule has 0 unspecified atom stereocenters. The average molecular weight is 454 g/mol. The summed E-state index contributed by atoms with van der Waals surface area (Å²) in [6, 6.07) is 22.8. The summed E-state index contributed by atoms with van der Waals surface area (Å²) in [7, 11) is 0. The molecular weight excluding hydrogens is 441 g/mol. The fourth-order valence-electron chi connectivity index (χ4n) is 2.48. The van der Waals surface area contributed by atoms with Crippen LogP contribution in [0.2, 0.25) is 10.0 Å². The van der Waals surface area contributed by atoms with E-state index in [1.807, 2.05) is 6.07 Å². The van der Waals surface area contributed by atoms with Crippen LogP contribution in [0.25, 0.3) is 5.69 Å². The van der Waals surface area contributed by atoms with Crippen LogP contribution >= 0.6 is 34.5 Å². The minimum absolute atomic E-state index is 0.347. The van der Waals surface area contributed by atoms with E-state index in [2.05, 4.69) is 20.3 Å². The SMILES string of the molecule is O=C(N=c1sc(N=Nc2ccc(Cl)cc2)nn1-c1ccc(Cl)cc1)c1ccccc1. The second-order valence-electron chi connectivity index (χ2n) is 6.01. The number of nitrogens with zero attached hydrogens (tertiary/aromatic N) is 5. The van der Waals surface area contributed by atoms with Gasteiger partial charge in [-0.25, -0.2) is 4.68 Å². The topological polar surface area (TPSA) is 72.0 Å². The van der Waals surface area contributed by atoms with Crippen LogP contribution in [0.5, 0.6) is 0 Å². The third kappa shape index (κ3) is 4.88. The van der Waals surface area contributed by atoms with Crippen LogP contribution in [0.3, 0.4) is 0 Å². The summed E-state index contributed by atoms with van der Waals surface area (Å²) < 4.78 is 1.54. The van der Waals surface area contributed by atoms with Crippen molar-refractivity contribution >= 4 is 51.3 Å². The average Bonchev–Trinajstić information content (AvgIpc) is 3.17. The van der Waals surface area contributed by atoms with E-state index >= 15 is 0 Å². The summed E-state index contributed by atoms with van der Waals surface area (Å²) in [6.45, 7) is 0. The second kappa shape index (κ2) is 9.13. The molecule has 0 spiro atoms. The molecule has 6 nitrogen and oxygen atoms in total. The lowest BCUT2D eigenvalue weighted by atomic mass is 10.2. The van der Waals surface area contributed by atoms with Crippen molar-refractivity contribution in [1.82, 2.24) is 9.78 Å². The van der Waals surface area contributed by atoms with Crippen molar-refractivity contribution < 1.29 is 4.79 Å². The smallest absolute Gasteiger partial charge is 0.267 e. The Bertz CT molecular complexity index is 1260. The molecular formula is C21H13Cl2N5OS. The van der Waals surface area contributed by atoms with Gasteiger partial charge in [0.1, 0.15) is 0 Å². The molecule has 3 aromatic carbocycles. The maximum absolute atomic E-state index is 12.6. The first-order valence-corrected chi connectivity index (χ1v) is 10.3. The molecule has 0 saturated carbocycles. The summed E-state index contributed by atoms with van der Waals surface area (Å²) in [5.74, 6) is -0.372. The molecule has 0 bridgehead atoms. The van der Waals surface area contributed by atoms with Gasteiger partial charge in [0.15, 0.2) is 0 Å². The van der Waals surface area contributed by atoms with E-state index in [1.54, 1.807) is 72.8 Å². The van der Waals surface area contributed by atoms with E-state index in [-0.39, 0.29) is 5.91 Å². The zero-order valence-corrected chi connectivity index (χ0v) is 17.6. The number of hydrogen-bond donors (Lipinski definition) is 0. The van der Waals surface area contributed by atoms with Crippen LogP contribution in [0.15, 0.2) is 94.1 Å². The van der Waals surface area contributed by atoms with Gasteiger partial charge in [0.2, 0.25) is 4.80 Å². The maximum Gasteiger partial charge on any atom is 0.279 e. The van der Waals surface area contributed by atoms with Gasteiger partial charge in [0.05, 0.1) is 11.4 Å². The monoisotopic (exact) mass is 453 g/mol. The van der Waals surface area contributed by atoms with Gasteiger partial charge in [0.25, 0.3) is 11.0 Å². The first-order valence-electron chi connectivity index (χ1n) is 8.76. The normalized spacial score (nSPS) is 11.9. The van der Waals surface area contributed by atoms with Crippen molar-refractivity contribution in [1.29, 1.82) is 0 Å². The molecule has 0 aliphatic heterocycles. The highest BCUT2D eigenvalue weighted by Gasteiger charge is 2.10. The van der Waals surface area contributed by atoms with E-state index in [4.69, 9.17) is 23.2 Å². The molecule has 148 valence electrons. The van der Waals surface area contributed by atoms with Crippen LogP contribution in [0.1, 0.15) is 10.4 Å². The minimum atomic E-state index is -0.372. The van der Waals surface area contributed by atoms with Crippen molar-refractivity contribution in [2.75, 3.05) is 0 Å². The Balaban J connectivity index is 1.75. The summed E-state index contributed by atoms with van der Waals surface area (Å²) in [5, 5.41) is 14.4. The van der Waals surface area contributed by atoms with E-state index in [0.717, 1.165) is 11.3 Å². The number of hydrogen-bond acceptors (Lipinski definition) is 5. The Morgan fingerprint density at radius 3 is 2.13 bits per heavy atom. The molecule has 1 amide bonds. The Hall–Kier alpha value is -3.13. The predicted octanol–water partition coefficient (Wildman–Crippen LogP) is 6.40. The first-order chi connectivity index (χ1) is 14.6. The number of carbonyl (C=O) groups excluding carboxylic acids is 1. The van der Waals surface area contributed by atoms with Gasteiger partial charge in [-0.2, -0.15) is 4.99 Å². The summed E-state index contributed by atoms with van der Waals surface area (Å²) in [4.78, 5) is 17.2. The molecule has 0 radical (unpaired) electrons. The quantitative estimate of drug-likeness (QED) is 0.335. The largest absolute Gasteiger partial charge is 0.279 e. The molecule has 1 aromatic heterocycles. The lowest BCUT2D eigenvalue weighted by Gasteiger charge is -2.00. The standard InChI is InChI=1S/C21H13Cl2N5OS/c22-15-6-10-17(11-7-15)25-26-20-27-28(18-12-8-16(23)9-13-18)21(30-20)24-19(29)14-4-2-1-3-5-14/h1-13H. The molecule has 0 saturated heterocycles. The third-order valence-electron chi connectivity index (χ3n) is 3.92. The van der Waals surface area contributed by atoms with Crippen LogP contribution in [-0.4, -0.2) is 15.7 Å². The zero-order chi connectivity index (χ0) is 20.9. The van der Waals surface area contributed by atoms with Gasteiger partial charge in [0, 0.05) is 15.6 Å². The highest BCUT2D eigenvalue weighted by molar-refractivity contribution is 7.12. The van der Waals surface area contributed by atoms with Gasteiger partial charge in [-0.05, 0) is 60.7 Å². The summed E-state index contributed by atoms with van der Waals surface area (Å²) in [5.41, 5.74) is 1.81. The van der Waals surface area contributed by atoms with E-state index in [1.165, 1.54) is 4.68 Å². The molecule has 0 atom stereocenters. The van der Waals surface area contributed by atoms with Gasteiger partial charge >= 0.3 is 0 Å². The van der Waals surface area contributed by atoms with Crippen LogP contribution in [0.4, 0.5) is 10.8 Å². The van der Waals surface area contributed by atoms with Crippen molar-refractivity contribution in [2.24, 2.45) is 15.2 Å². The molecule has 0 aliphatic rings. The number of azo groups is 1. The second-order valence-corrected chi connectivity index (χ2v) is 7.82. The summed E-state index contributed by atoms with van der Waals surface area (Å²) in [6.07, 6.45) is 0. The van der Waals surface area contributed by atoms with Gasteiger partial charge in [-0.1, -0.05) is 52.7 Å². The molecule has 0 N–H and O–H groups in total. The Labute approximate surface area is 185 Å². The van der Waals surface area contributed by atoms with E-state index < -0.39 is 0 Å². The Morgan fingerprint density at radius 1 is 0.833 bits per heavy atom. The van der Waals surface area contributed by atoms with Crippen molar-refractivity contribution in [3.8, 4) is 5.69 Å². The highest BCUT2D eigenvalue weighted by Crippen LogP contribution is 2.21. The number of amides is 1. The fourth-order valence-corrected chi connectivity index (χ4v) is 3.46. The first kappa shape index (κ1) is 20.2. The summed E-state index contributed by atoms with van der Waals surface area (Å²) >= 11 is 13.0. The van der Waals surface area contributed by atoms with E-state index in [9.17, 15) is 4.79 Å². The number of halogens is 2. The van der Waals surface area contributed by atoms with Gasteiger partial charge in [-0.15, -0.1) is 15.3 Å². The molecule has 9 heteroatoms. The number of carbonyl (C=O) groups is 1. The molecule has 0 aliphatic carbocycles. The van der Waals surface area contributed by atoms with Crippen LogP contribution in [-0.2, 0) is 0 Å². The minimum Gasteiger partial charge on any atom is -0.267 e. The lowest BCUT2D eigenvalue weighted by Crippen LogP contribution is -2.16. The van der Waals surface area contributed by atoms with Gasteiger partial charge in [-0.3, -0.25) is 4.79 Å². The molecule has 0 fully saturated rings. The van der Waals surface area contributed by atoms with Crippen molar-refractivity contribution in [2.45, 2.75) is 0 Å². The number of aromatic nitrogens is 2. The molecule has 4 aromatic rings. The number of benzene rings is 3. The number of rotatable bonds is 4. The van der Waals surface area contributed by atoms with Crippen molar-refractivity contribution in [3.63, 3.8) is 0 Å².